The van der Waals surface area contributed by atoms with Crippen molar-refractivity contribution in [3.8, 4) is 23.0 Å². The summed E-state index contributed by atoms with van der Waals surface area (Å²) in [5.41, 5.74) is -2.11. The predicted molar refractivity (Wildman–Crippen MR) is 182 cm³/mol. The highest BCUT2D eigenvalue weighted by Gasteiger charge is 2.68. The standard InChI is InChI=1S/C38H27ClF7N5O3/c1-36(2,53)9-8-21-6-7-23(24-4-3-5-25-30-32(54-31(24)25)35(39)49-48-30)29(47-21)18(10-17-11-19(40)14-20(41)12-17)13-22(52)16-51-34-28(33(50-51)38(44,45)46)26-15-27(26)37(34,42)43/h3-7,11-12,14,18,26-27,53H,10,13,15-16H2,1-2H3,(H,48,49)/t18-,26+,27-/m1/s1. The number of aromatic nitrogens is 5. The van der Waals surface area contributed by atoms with Gasteiger partial charge in [-0.25, -0.2) is 13.8 Å². The van der Waals surface area contributed by atoms with Gasteiger partial charge in [0, 0.05) is 46.4 Å². The van der Waals surface area contributed by atoms with E-state index in [2.05, 4.69) is 27.1 Å². The van der Waals surface area contributed by atoms with Crippen LogP contribution < -0.4 is 0 Å². The molecule has 0 unspecified atom stereocenters. The van der Waals surface area contributed by atoms with Gasteiger partial charge in [0.2, 0.25) is 0 Å². The van der Waals surface area contributed by atoms with Crippen LogP contribution in [-0.4, -0.2) is 41.5 Å². The van der Waals surface area contributed by atoms with Crippen LogP contribution >= 0.6 is 11.6 Å². The Labute approximate surface area is 306 Å². The molecule has 54 heavy (non-hydrogen) atoms. The van der Waals surface area contributed by atoms with Gasteiger partial charge in [0.15, 0.2) is 22.2 Å². The van der Waals surface area contributed by atoms with E-state index in [1.54, 1.807) is 30.3 Å². The number of Topliss-reactive ketones (excluding diaryl/α,β-unsaturated/α-hetero) is 1. The lowest BCUT2D eigenvalue weighted by molar-refractivity contribution is -0.142. The zero-order valence-electron chi connectivity index (χ0n) is 28.3. The molecular formula is C38H27ClF7N5O3. The van der Waals surface area contributed by atoms with Gasteiger partial charge in [0.1, 0.15) is 46.3 Å². The molecule has 4 aromatic heterocycles. The van der Waals surface area contributed by atoms with E-state index in [-0.39, 0.29) is 40.5 Å². The first kappa shape index (κ1) is 35.8. The Morgan fingerprint density at radius 2 is 1.85 bits per heavy atom. The van der Waals surface area contributed by atoms with Gasteiger partial charge in [-0.15, -0.1) is 0 Å². The average Bonchev–Trinajstić information content (AvgIpc) is 3.34. The minimum absolute atomic E-state index is 0.110. The molecule has 2 aliphatic carbocycles. The van der Waals surface area contributed by atoms with Crippen LogP contribution in [0.5, 0.6) is 0 Å². The smallest absolute Gasteiger partial charge is 0.435 e. The molecule has 6 aromatic rings. The predicted octanol–water partition coefficient (Wildman–Crippen LogP) is 8.84. The Morgan fingerprint density at radius 3 is 2.56 bits per heavy atom. The van der Waals surface area contributed by atoms with E-state index in [4.69, 9.17) is 21.0 Å². The fourth-order valence-electron chi connectivity index (χ4n) is 7.41. The van der Waals surface area contributed by atoms with Crippen LogP contribution in [0.15, 0.2) is 52.9 Å². The molecule has 8 rings (SSSR count). The Bertz CT molecular complexity index is 2550. The van der Waals surface area contributed by atoms with Crippen molar-refractivity contribution in [2.24, 2.45) is 5.92 Å². The topological polar surface area (TPSA) is 110 Å². The number of rotatable bonds is 8. The largest absolute Gasteiger partial charge is 0.450 e. The third-order valence-electron chi connectivity index (χ3n) is 9.66. The number of furan rings is 1. The molecule has 1 saturated carbocycles. The minimum Gasteiger partial charge on any atom is -0.450 e. The highest BCUT2D eigenvalue weighted by Crippen LogP contribution is 2.68. The normalized spacial score (nSPS) is 18.1. The van der Waals surface area contributed by atoms with Crippen molar-refractivity contribution in [2.45, 2.75) is 69.2 Å². The maximum Gasteiger partial charge on any atom is 0.435 e. The number of aromatic amines is 1. The second-order valence-corrected chi connectivity index (χ2v) is 14.6. The molecule has 4 heterocycles. The van der Waals surface area contributed by atoms with Gasteiger partial charge in [0.05, 0.1) is 5.69 Å². The van der Waals surface area contributed by atoms with Crippen molar-refractivity contribution in [3.05, 3.63) is 99.2 Å². The number of aliphatic hydroxyl groups is 1. The molecule has 0 radical (unpaired) electrons. The van der Waals surface area contributed by atoms with Gasteiger partial charge < -0.3 is 9.52 Å². The lowest BCUT2D eigenvalue weighted by Gasteiger charge is -2.21. The van der Waals surface area contributed by atoms with Gasteiger partial charge in [-0.2, -0.15) is 32.1 Å². The van der Waals surface area contributed by atoms with E-state index >= 15 is 8.78 Å². The van der Waals surface area contributed by atoms with Crippen molar-refractivity contribution < 1.29 is 45.1 Å². The Morgan fingerprint density at radius 1 is 1.11 bits per heavy atom. The van der Waals surface area contributed by atoms with Crippen molar-refractivity contribution in [2.75, 3.05) is 0 Å². The second-order valence-electron chi connectivity index (χ2n) is 14.2. The van der Waals surface area contributed by atoms with Crippen molar-refractivity contribution in [1.82, 2.24) is 25.0 Å². The van der Waals surface area contributed by atoms with Gasteiger partial charge in [-0.05, 0) is 74.4 Å². The lowest BCUT2D eigenvalue weighted by Crippen LogP contribution is -2.24. The lowest BCUT2D eigenvalue weighted by atomic mass is 9.86. The number of para-hydroxylation sites is 1. The summed E-state index contributed by atoms with van der Waals surface area (Å²) >= 11 is 6.27. The van der Waals surface area contributed by atoms with Crippen molar-refractivity contribution in [3.63, 3.8) is 0 Å². The minimum atomic E-state index is -5.03. The van der Waals surface area contributed by atoms with Crippen LogP contribution in [0, 0.1) is 29.4 Å². The van der Waals surface area contributed by atoms with Gasteiger partial charge >= 0.3 is 6.18 Å². The summed E-state index contributed by atoms with van der Waals surface area (Å²) in [6.07, 6.45) is -5.90. The number of fused-ring (bicyclic) bond motifs is 6. The molecular weight excluding hydrogens is 743 g/mol. The number of carbonyl (C=O) groups is 1. The number of carbonyl (C=O) groups excluding carboxylic acids is 1. The highest BCUT2D eigenvalue weighted by atomic mass is 35.5. The van der Waals surface area contributed by atoms with Crippen molar-refractivity contribution >= 4 is 39.5 Å². The number of halogens is 8. The van der Waals surface area contributed by atoms with Crippen LogP contribution in [0.25, 0.3) is 33.2 Å². The van der Waals surface area contributed by atoms with Gasteiger partial charge in [0.25, 0.3) is 5.92 Å². The fourth-order valence-corrected chi connectivity index (χ4v) is 7.58. The third kappa shape index (κ3) is 6.30. The Balaban J connectivity index is 1.26. The van der Waals surface area contributed by atoms with Crippen LogP contribution in [0.3, 0.4) is 0 Å². The number of alkyl halides is 5. The number of ketones is 1. The SMILES string of the molecule is CC(C)(O)C#Cc1ccc(-c2cccc3c2oc2c(Cl)[nH]nc23)c([C@@H](CC(=O)Cn2nc(C(F)(F)F)c3c2C(F)(F)[C@@H]2C[C@H]32)Cc2cc(F)cc(F)c2)n1. The monoisotopic (exact) mass is 769 g/mol. The van der Waals surface area contributed by atoms with Crippen LogP contribution in [-0.2, 0) is 29.9 Å². The number of nitrogens with one attached hydrogen (secondary N) is 1. The number of hydrogen-bond donors (Lipinski definition) is 2. The number of pyridine rings is 1. The van der Waals surface area contributed by atoms with E-state index in [0.717, 1.165) is 12.1 Å². The number of hydrogen-bond acceptors (Lipinski definition) is 6. The van der Waals surface area contributed by atoms with E-state index < -0.39 is 82.8 Å². The fraction of sp³-hybridized carbons (Fsp3) is 0.316. The Kier molecular flexibility index (Phi) is 8.24. The molecule has 8 nitrogen and oxygen atoms in total. The molecule has 0 bridgehead atoms. The van der Waals surface area contributed by atoms with Gasteiger partial charge in [-0.1, -0.05) is 29.7 Å². The van der Waals surface area contributed by atoms with E-state index in [1.165, 1.54) is 13.8 Å². The molecule has 2 N–H and O–H groups in total. The molecule has 1 fully saturated rings. The molecule has 2 aliphatic rings. The average molecular weight is 770 g/mol. The summed E-state index contributed by atoms with van der Waals surface area (Å²) in [7, 11) is 0. The van der Waals surface area contributed by atoms with E-state index in [9.17, 15) is 31.9 Å². The number of nitrogens with zero attached hydrogens (tertiary/aromatic N) is 4. The first-order valence-electron chi connectivity index (χ1n) is 16.7. The third-order valence-corrected chi connectivity index (χ3v) is 9.91. The maximum absolute atomic E-state index is 15.3. The highest BCUT2D eigenvalue weighted by molar-refractivity contribution is 6.34. The van der Waals surface area contributed by atoms with Crippen LogP contribution in [0.1, 0.15) is 72.4 Å². The van der Waals surface area contributed by atoms with Gasteiger partial charge in [-0.3, -0.25) is 14.6 Å². The molecule has 278 valence electrons. The molecule has 0 aliphatic heterocycles. The first-order chi connectivity index (χ1) is 25.4. The van der Waals surface area contributed by atoms with Crippen LogP contribution in [0.4, 0.5) is 30.7 Å². The molecule has 0 spiro atoms. The molecule has 16 heteroatoms. The quantitative estimate of drug-likeness (QED) is 0.118. The molecule has 2 aromatic carbocycles. The summed E-state index contributed by atoms with van der Waals surface area (Å²) < 4.78 is 108. The van der Waals surface area contributed by atoms with Crippen molar-refractivity contribution in [1.29, 1.82) is 0 Å². The number of H-pyrrole nitrogens is 1. The summed E-state index contributed by atoms with van der Waals surface area (Å²) in [5.74, 6) is -4.15. The van der Waals surface area contributed by atoms with Crippen LogP contribution in [0.2, 0.25) is 5.15 Å². The van der Waals surface area contributed by atoms with E-state index in [1.807, 2.05) is 0 Å². The molecule has 0 saturated heterocycles. The molecule has 0 amide bonds. The maximum atomic E-state index is 15.3. The summed E-state index contributed by atoms with van der Waals surface area (Å²) in [6.45, 7) is 1.98. The second kappa shape index (κ2) is 12.4. The summed E-state index contributed by atoms with van der Waals surface area (Å²) in [4.78, 5) is 18.7. The number of benzene rings is 2. The summed E-state index contributed by atoms with van der Waals surface area (Å²) in [5, 5.41) is 21.3. The zero-order chi connectivity index (χ0) is 38.5. The van der Waals surface area contributed by atoms with E-state index in [0.29, 0.717) is 38.4 Å². The Hall–Kier alpha value is -5.20. The summed E-state index contributed by atoms with van der Waals surface area (Å²) in [6, 6.07) is 11.1. The first-order valence-corrected chi connectivity index (χ1v) is 17.1. The zero-order valence-corrected chi connectivity index (χ0v) is 29.0. The molecule has 3 atom stereocenters.